The number of nitrogens with one attached hydrogen (secondary N) is 1. The molecule has 100 valence electrons. The maximum Gasteiger partial charge on any atom is 0.270 e. The quantitative estimate of drug-likeness (QED) is 0.845. The fourth-order valence-corrected chi connectivity index (χ4v) is 2.82. The minimum Gasteiger partial charge on any atom is -0.356 e. The standard InChI is InChI=1S/C11H15ClN2O3S/c1-11(2)3-4-14(7-11)10(15)9-5-8(6-13-9)18(12,16)17/h5-6,13H,3-4,7H2,1-2H3. The zero-order chi connectivity index (χ0) is 13.6. The fraction of sp³-hybridized carbons (Fsp3) is 0.545. The molecule has 1 N–H and O–H groups in total. The number of halogens is 1. The second-order valence-electron chi connectivity index (χ2n) is 5.33. The van der Waals surface area contributed by atoms with Crippen molar-refractivity contribution in [1.29, 1.82) is 0 Å². The molecule has 0 saturated carbocycles. The van der Waals surface area contributed by atoms with Crippen LogP contribution in [0.1, 0.15) is 30.8 Å². The molecule has 0 unspecified atom stereocenters. The second kappa shape index (κ2) is 4.28. The summed E-state index contributed by atoms with van der Waals surface area (Å²) in [6, 6.07) is 1.27. The summed E-state index contributed by atoms with van der Waals surface area (Å²) in [5.41, 5.74) is 0.371. The van der Waals surface area contributed by atoms with Crippen LogP contribution in [-0.4, -0.2) is 37.3 Å². The summed E-state index contributed by atoms with van der Waals surface area (Å²) in [7, 11) is 1.42. The normalized spacial score (nSPS) is 19.2. The van der Waals surface area contributed by atoms with Crippen LogP contribution in [0.5, 0.6) is 0 Å². The zero-order valence-corrected chi connectivity index (χ0v) is 11.8. The molecule has 1 aromatic rings. The fourth-order valence-electron chi connectivity index (χ4n) is 2.09. The van der Waals surface area contributed by atoms with Crippen molar-refractivity contribution in [2.45, 2.75) is 25.2 Å². The minimum absolute atomic E-state index is 0.0778. The lowest BCUT2D eigenvalue weighted by Gasteiger charge is -2.19. The largest absolute Gasteiger partial charge is 0.356 e. The summed E-state index contributed by atoms with van der Waals surface area (Å²) in [5.74, 6) is -0.188. The topological polar surface area (TPSA) is 70.2 Å². The van der Waals surface area contributed by atoms with E-state index in [0.717, 1.165) is 6.42 Å². The first-order chi connectivity index (χ1) is 8.19. The number of hydrogen-bond donors (Lipinski definition) is 1. The highest BCUT2D eigenvalue weighted by Gasteiger charge is 2.33. The molecule has 1 fully saturated rings. The molecule has 1 amide bonds. The van der Waals surface area contributed by atoms with Gasteiger partial charge in [0, 0.05) is 30.0 Å². The van der Waals surface area contributed by atoms with Gasteiger partial charge in [-0.3, -0.25) is 4.79 Å². The van der Waals surface area contributed by atoms with E-state index in [0.29, 0.717) is 13.1 Å². The third-order valence-corrected chi connectivity index (χ3v) is 4.47. The number of amides is 1. The number of aromatic nitrogens is 1. The molecule has 2 heterocycles. The molecule has 1 aliphatic rings. The van der Waals surface area contributed by atoms with Gasteiger partial charge in [0.2, 0.25) is 0 Å². The van der Waals surface area contributed by atoms with Crippen LogP contribution in [0.15, 0.2) is 17.2 Å². The van der Waals surface area contributed by atoms with Crippen molar-refractivity contribution < 1.29 is 13.2 Å². The Morgan fingerprint density at radius 2 is 2.17 bits per heavy atom. The molecule has 0 radical (unpaired) electrons. The van der Waals surface area contributed by atoms with E-state index >= 15 is 0 Å². The number of aromatic amines is 1. The van der Waals surface area contributed by atoms with Crippen molar-refractivity contribution in [2.24, 2.45) is 5.41 Å². The van der Waals surface area contributed by atoms with Crippen molar-refractivity contribution in [3.8, 4) is 0 Å². The highest BCUT2D eigenvalue weighted by Crippen LogP contribution is 2.29. The Morgan fingerprint density at radius 3 is 2.61 bits per heavy atom. The Balaban J connectivity index is 2.18. The SMILES string of the molecule is CC1(C)CCN(C(=O)c2cc(S(=O)(=O)Cl)c[nH]2)C1. The molecular weight excluding hydrogens is 276 g/mol. The van der Waals surface area contributed by atoms with Gasteiger partial charge >= 0.3 is 0 Å². The Kier molecular flexibility index (Phi) is 3.19. The van der Waals surface area contributed by atoms with Gasteiger partial charge in [-0.1, -0.05) is 13.8 Å². The number of carbonyl (C=O) groups is 1. The molecule has 0 bridgehead atoms. The maximum absolute atomic E-state index is 12.1. The van der Waals surface area contributed by atoms with Gasteiger partial charge in [0.1, 0.15) is 10.6 Å². The van der Waals surface area contributed by atoms with E-state index in [1.807, 2.05) is 0 Å². The maximum atomic E-state index is 12.1. The highest BCUT2D eigenvalue weighted by atomic mass is 35.7. The van der Waals surface area contributed by atoms with Gasteiger partial charge in [-0.2, -0.15) is 0 Å². The van der Waals surface area contributed by atoms with E-state index in [2.05, 4.69) is 18.8 Å². The number of carbonyl (C=O) groups excluding carboxylic acids is 1. The summed E-state index contributed by atoms with van der Waals surface area (Å²) in [4.78, 5) is 16.4. The summed E-state index contributed by atoms with van der Waals surface area (Å²) in [6.45, 7) is 5.56. The van der Waals surface area contributed by atoms with E-state index in [1.165, 1.54) is 12.3 Å². The number of rotatable bonds is 2. The van der Waals surface area contributed by atoms with E-state index in [4.69, 9.17) is 10.7 Å². The number of likely N-dealkylation sites (tertiary alicyclic amines) is 1. The van der Waals surface area contributed by atoms with Gasteiger partial charge in [-0.05, 0) is 17.9 Å². The van der Waals surface area contributed by atoms with Crippen LogP contribution >= 0.6 is 10.7 Å². The average molecular weight is 291 g/mol. The van der Waals surface area contributed by atoms with Gasteiger partial charge < -0.3 is 9.88 Å². The van der Waals surface area contributed by atoms with Crippen LogP contribution in [0.3, 0.4) is 0 Å². The molecule has 0 aromatic carbocycles. The molecule has 0 atom stereocenters. The smallest absolute Gasteiger partial charge is 0.270 e. The van der Waals surface area contributed by atoms with Gasteiger partial charge in [0.15, 0.2) is 0 Å². The van der Waals surface area contributed by atoms with Crippen molar-refractivity contribution in [3.05, 3.63) is 18.0 Å². The summed E-state index contributed by atoms with van der Waals surface area (Å²) >= 11 is 0. The molecule has 0 aliphatic carbocycles. The number of H-pyrrole nitrogens is 1. The van der Waals surface area contributed by atoms with Crippen molar-refractivity contribution in [3.63, 3.8) is 0 Å². The van der Waals surface area contributed by atoms with Crippen molar-refractivity contribution in [2.75, 3.05) is 13.1 Å². The van der Waals surface area contributed by atoms with Crippen LogP contribution < -0.4 is 0 Å². The first-order valence-electron chi connectivity index (χ1n) is 5.61. The van der Waals surface area contributed by atoms with E-state index in [-0.39, 0.29) is 21.9 Å². The molecule has 0 spiro atoms. The zero-order valence-electron chi connectivity index (χ0n) is 10.2. The highest BCUT2D eigenvalue weighted by molar-refractivity contribution is 8.13. The van der Waals surface area contributed by atoms with E-state index in [1.54, 1.807) is 4.90 Å². The van der Waals surface area contributed by atoms with Crippen LogP contribution in [0.2, 0.25) is 0 Å². The Labute approximate surface area is 111 Å². The first-order valence-corrected chi connectivity index (χ1v) is 7.92. The van der Waals surface area contributed by atoms with Crippen molar-refractivity contribution in [1.82, 2.24) is 9.88 Å². The molecule has 2 rings (SSSR count). The van der Waals surface area contributed by atoms with Gasteiger partial charge in [0.25, 0.3) is 15.0 Å². The molecular formula is C11H15ClN2O3S. The lowest BCUT2D eigenvalue weighted by atomic mass is 9.93. The average Bonchev–Trinajstić information content (AvgIpc) is 2.82. The van der Waals surface area contributed by atoms with Crippen LogP contribution in [0, 0.1) is 5.41 Å². The third kappa shape index (κ3) is 2.70. The Bertz CT molecular complexity index is 577. The predicted octanol–water partition coefficient (Wildman–Crippen LogP) is 1.81. The van der Waals surface area contributed by atoms with Crippen molar-refractivity contribution >= 4 is 25.6 Å². The Morgan fingerprint density at radius 1 is 1.50 bits per heavy atom. The van der Waals surface area contributed by atoms with Crippen LogP contribution in [0.25, 0.3) is 0 Å². The molecule has 1 aromatic heterocycles. The lowest BCUT2D eigenvalue weighted by Crippen LogP contribution is -2.30. The predicted molar refractivity (Wildman–Crippen MR) is 68.1 cm³/mol. The van der Waals surface area contributed by atoms with Gasteiger partial charge in [0.05, 0.1) is 0 Å². The lowest BCUT2D eigenvalue weighted by molar-refractivity contribution is 0.0773. The van der Waals surface area contributed by atoms with E-state index in [9.17, 15) is 13.2 Å². The number of hydrogen-bond acceptors (Lipinski definition) is 3. The molecule has 7 heteroatoms. The number of nitrogens with zero attached hydrogens (tertiary/aromatic N) is 1. The molecule has 1 saturated heterocycles. The molecule has 5 nitrogen and oxygen atoms in total. The third-order valence-electron chi connectivity index (χ3n) is 3.13. The Hall–Kier alpha value is -1.01. The molecule has 1 aliphatic heterocycles. The minimum atomic E-state index is -3.79. The van der Waals surface area contributed by atoms with Crippen LogP contribution in [0.4, 0.5) is 0 Å². The second-order valence-corrected chi connectivity index (χ2v) is 7.89. The summed E-state index contributed by atoms with van der Waals surface area (Å²) in [5, 5.41) is 0. The summed E-state index contributed by atoms with van der Waals surface area (Å²) < 4.78 is 22.2. The van der Waals surface area contributed by atoms with Crippen LogP contribution in [-0.2, 0) is 9.05 Å². The summed E-state index contributed by atoms with van der Waals surface area (Å²) in [6.07, 6.45) is 2.18. The van der Waals surface area contributed by atoms with Gasteiger partial charge in [-0.15, -0.1) is 0 Å². The molecule has 18 heavy (non-hydrogen) atoms. The first kappa shape index (κ1) is 13.4. The van der Waals surface area contributed by atoms with Gasteiger partial charge in [-0.25, -0.2) is 8.42 Å². The van der Waals surface area contributed by atoms with E-state index < -0.39 is 9.05 Å². The monoisotopic (exact) mass is 290 g/mol.